The molecule has 0 saturated heterocycles. The fraction of sp³-hybridized carbons (Fsp3) is 0.583. The molecule has 0 radical (unpaired) electrons. The maximum absolute atomic E-state index is 12.7. The highest BCUT2D eigenvalue weighted by Gasteiger charge is 2.39. The maximum Gasteiger partial charge on any atom is 0.171 e. The number of Topliss-reactive ketones (excluding diaryl/α,β-unsaturated/α-hetero) is 1. The molecule has 19 heavy (non-hydrogen) atoms. The van der Waals surface area contributed by atoms with Crippen LogP contribution in [-0.4, -0.2) is 18.2 Å². The molecule has 0 saturated carbocycles. The summed E-state index contributed by atoms with van der Waals surface area (Å²) in [5.74, 6) is -0.137. The van der Waals surface area contributed by atoms with Crippen molar-refractivity contribution in [2.75, 3.05) is 0 Å². The SMILES string of the molecule is CC(=O)c1sccc1S(=N)(=O)N[Si](C)(C)C(C)(C)C. The Hall–Kier alpha value is -0.503. The Kier molecular flexibility index (Phi) is 4.46. The van der Waals surface area contributed by atoms with Gasteiger partial charge in [0.2, 0.25) is 0 Å². The van der Waals surface area contributed by atoms with E-state index in [0.717, 1.165) is 0 Å². The summed E-state index contributed by atoms with van der Waals surface area (Å²) in [5.41, 5.74) is 0. The highest BCUT2D eigenvalue weighted by molar-refractivity contribution is 7.92. The van der Waals surface area contributed by atoms with E-state index in [0.29, 0.717) is 9.77 Å². The topological polar surface area (TPSA) is 70.0 Å². The van der Waals surface area contributed by atoms with Crippen LogP contribution in [-0.2, 0) is 9.92 Å². The third kappa shape index (κ3) is 3.53. The van der Waals surface area contributed by atoms with Gasteiger partial charge in [-0.2, -0.15) is 0 Å². The number of hydrogen-bond acceptors (Lipinski definition) is 4. The van der Waals surface area contributed by atoms with Crippen LogP contribution in [0.3, 0.4) is 0 Å². The lowest BCUT2D eigenvalue weighted by Crippen LogP contribution is -2.54. The van der Waals surface area contributed by atoms with Crippen molar-refractivity contribution in [3.63, 3.8) is 0 Å². The minimum Gasteiger partial charge on any atom is -0.294 e. The number of hydrogen-bond donors (Lipinski definition) is 2. The van der Waals surface area contributed by atoms with Crippen LogP contribution in [0.2, 0.25) is 18.1 Å². The summed E-state index contributed by atoms with van der Waals surface area (Å²) in [7, 11) is -5.21. The van der Waals surface area contributed by atoms with Gasteiger partial charge < -0.3 is 0 Å². The second kappa shape index (κ2) is 5.12. The van der Waals surface area contributed by atoms with E-state index in [4.69, 9.17) is 4.78 Å². The van der Waals surface area contributed by atoms with E-state index >= 15 is 0 Å². The molecule has 0 aliphatic carbocycles. The van der Waals surface area contributed by atoms with Crippen molar-refractivity contribution in [1.82, 2.24) is 4.39 Å². The van der Waals surface area contributed by atoms with Crippen molar-refractivity contribution in [3.05, 3.63) is 16.3 Å². The van der Waals surface area contributed by atoms with Gasteiger partial charge in [0.1, 0.15) is 18.2 Å². The molecule has 7 heteroatoms. The van der Waals surface area contributed by atoms with E-state index in [1.54, 1.807) is 11.4 Å². The number of rotatable bonds is 4. The number of ketones is 1. The first-order valence-corrected chi connectivity index (χ1v) is 11.5. The largest absolute Gasteiger partial charge is 0.294 e. The molecule has 4 nitrogen and oxygen atoms in total. The summed E-state index contributed by atoms with van der Waals surface area (Å²) in [6, 6.07) is 1.62. The van der Waals surface area contributed by atoms with Crippen molar-refractivity contribution in [1.29, 1.82) is 4.78 Å². The monoisotopic (exact) mass is 318 g/mol. The number of carbonyl (C=O) groups excluding carboxylic acids is 1. The first-order valence-electron chi connectivity index (χ1n) is 6.04. The van der Waals surface area contributed by atoms with Crippen LogP contribution in [0.25, 0.3) is 0 Å². The van der Waals surface area contributed by atoms with Gasteiger partial charge in [0.15, 0.2) is 5.78 Å². The van der Waals surface area contributed by atoms with Gasteiger partial charge >= 0.3 is 0 Å². The minimum absolute atomic E-state index is 0.0247. The van der Waals surface area contributed by atoms with Crippen LogP contribution >= 0.6 is 11.3 Å². The van der Waals surface area contributed by atoms with Gasteiger partial charge in [-0.05, 0) is 23.4 Å². The zero-order chi connectivity index (χ0) is 15.1. The van der Waals surface area contributed by atoms with Crippen molar-refractivity contribution < 1.29 is 9.00 Å². The third-order valence-corrected chi connectivity index (χ3v) is 12.6. The van der Waals surface area contributed by atoms with Gasteiger partial charge in [-0.25, -0.2) is 13.4 Å². The van der Waals surface area contributed by atoms with Crippen LogP contribution in [0.1, 0.15) is 37.4 Å². The predicted molar refractivity (Wildman–Crippen MR) is 83.8 cm³/mol. The van der Waals surface area contributed by atoms with Crippen LogP contribution in [0.15, 0.2) is 16.3 Å². The minimum atomic E-state index is -3.13. The molecule has 1 aromatic rings. The Morgan fingerprint density at radius 3 is 2.37 bits per heavy atom. The lowest BCUT2D eigenvalue weighted by Gasteiger charge is -2.37. The van der Waals surface area contributed by atoms with Crippen molar-refractivity contribution in [2.24, 2.45) is 0 Å². The molecular weight excluding hydrogens is 296 g/mol. The fourth-order valence-corrected chi connectivity index (χ4v) is 7.82. The first kappa shape index (κ1) is 16.6. The lowest BCUT2D eigenvalue weighted by atomic mass is 10.2. The summed E-state index contributed by atoms with van der Waals surface area (Å²) < 4.78 is 23.9. The van der Waals surface area contributed by atoms with Gasteiger partial charge in [0.05, 0.1) is 9.77 Å². The smallest absolute Gasteiger partial charge is 0.171 e. The van der Waals surface area contributed by atoms with Crippen molar-refractivity contribution >= 4 is 35.3 Å². The summed E-state index contributed by atoms with van der Waals surface area (Å²) in [6.07, 6.45) is 0. The molecule has 0 fully saturated rings. The molecule has 1 atom stereocenters. The average Bonchev–Trinajstić information content (AvgIpc) is 2.62. The highest BCUT2D eigenvalue weighted by Crippen LogP contribution is 2.35. The summed E-state index contributed by atoms with van der Waals surface area (Å²) in [5, 5.41) is 1.69. The normalized spacial score (nSPS) is 16.1. The van der Waals surface area contributed by atoms with Gasteiger partial charge in [0.25, 0.3) is 0 Å². The van der Waals surface area contributed by atoms with E-state index in [-0.39, 0.29) is 10.8 Å². The fourth-order valence-electron chi connectivity index (χ4n) is 1.35. The van der Waals surface area contributed by atoms with Crippen molar-refractivity contribution in [2.45, 2.75) is 50.7 Å². The number of carbonyl (C=O) groups is 1. The molecule has 108 valence electrons. The average molecular weight is 319 g/mol. The Balaban J connectivity index is 3.20. The quantitative estimate of drug-likeness (QED) is 0.653. The lowest BCUT2D eigenvalue weighted by molar-refractivity contribution is 0.101. The van der Waals surface area contributed by atoms with Gasteiger partial charge in [-0.15, -0.1) is 11.3 Å². The Morgan fingerprint density at radius 2 is 1.95 bits per heavy atom. The standard InChI is InChI=1S/C12H22N2O2S2Si/c1-9(15)11-10(7-8-17-11)18(13,16)14-19(5,6)12(2,3)4/h7-8H,1-6H3,(H2,13,14,16). The van der Waals surface area contributed by atoms with Gasteiger partial charge in [0, 0.05) is 0 Å². The maximum atomic E-state index is 12.7. The summed E-state index contributed by atoms with van der Waals surface area (Å²) in [6.45, 7) is 11.8. The van der Waals surface area contributed by atoms with E-state index in [1.807, 2.05) is 0 Å². The van der Waals surface area contributed by atoms with Crippen LogP contribution < -0.4 is 4.39 Å². The number of nitrogens with one attached hydrogen (secondary N) is 2. The van der Waals surface area contributed by atoms with Crippen LogP contribution in [0.5, 0.6) is 0 Å². The van der Waals surface area contributed by atoms with E-state index in [2.05, 4.69) is 38.3 Å². The van der Waals surface area contributed by atoms with Gasteiger partial charge in [-0.1, -0.05) is 33.9 Å². The molecule has 1 heterocycles. The summed E-state index contributed by atoms with van der Waals surface area (Å²) in [4.78, 5) is 12.3. The second-order valence-electron chi connectivity index (χ2n) is 6.20. The predicted octanol–water partition coefficient (Wildman–Crippen LogP) is 3.87. The third-order valence-electron chi connectivity index (χ3n) is 3.53. The van der Waals surface area contributed by atoms with Crippen molar-refractivity contribution in [3.8, 4) is 0 Å². The number of thiophene rings is 1. The Bertz CT molecular complexity index is 583. The zero-order valence-electron chi connectivity index (χ0n) is 12.3. The zero-order valence-corrected chi connectivity index (χ0v) is 14.9. The van der Waals surface area contributed by atoms with Crippen LogP contribution in [0.4, 0.5) is 0 Å². The molecule has 0 amide bonds. The molecule has 1 aromatic heterocycles. The molecule has 2 N–H and O–H groups in total. The first-order chi connectivity index (χ1) is 8.38. The molecule has 0 aromatic carbocycles. The molecule has 1 rings (SSSR count). The highest BCUT2D eigenvalue weighted by atomic mass is 32.2. The van der Waals surface area contributed by atoms with E-state index in [1.165, 1.54) is 18.3 Å². The van der Waals surface area contributed by atoms with E-state index < -0.39 is 18.2 Å². The molecule has 0 aliphatic heterocycles. The second-order valence-corrected chi connectivity index (χ2v) is 14.2. The molecule has 0 spiro atoms. The van der Waals surface area contributed by atoms with Crippen LogP contribution in [0, 0.1) is 4.78 Å². The molecule has 1 unspecified atom stereocenters. The van der Waals surface area contributed by atoms with Gasteiger partial charge in [-0.3, -0.25) is 4.79 Å². The molecule has 0 aliphatic rings. The molecule has 0 bridgehead atoms. The summed E-state index contributed by atoms with van der Waals surface area (Å²) >= 11 is 1.24. The van der Waals surface area contributed by atoms with E-state index in [9.17, 15) is 9.00 Å². The Morgan fingerprint density at radius 1 is 1.42 bits per heavy atom. The molecular formula is C12H22N2O2S2Si. The Labute approximate surface area is 120 Å².